The Morgan fingerprint density at radius 1 is 1.06 bits per heavy atom. The van der Waals surface area contributed by atoms with Crippen LogP contribution in [0.1, 0.15) is 23.6 Å². The minimum atomic E-state index is -4.79. The lowest BCUT2D eigenvalue weighted by atomic mass is 9.87. The largest absolute Gasteiger partial charge is 0.472 e. The van der Waals surface area contributed by atoms with E-state index in [1.165, 1.54) is 19.1 Å². The molecule has 4 rings (SSSR count). The molecule has 10 heteroatoms. The van der Waals surface area contributed by atoms with Gasteiger partial charge < -0.3 is 10.1 Å². The molecule has 3 aromatic rings. The van der Waals surface area contributed by atoms with Crippen LogP contribution >= 0.6 is 34.8 Å². The van der Waals surface area contributed by atoms with Gasteiger partial charge in [-0.2, -0.15) is 18.4 Å². The number of nitriles is 1. The van der Waals surface area contributed by atoms with E-state index in [0.717, 1.165) is 12.1 Å². The van der Waals surface area contributed by atoms with E-state index < -0.39 is 18.2 Å². The summed E-state index contributed by atoms with van der Waals surface area (Å²) in [5.74, 6) is -0.287. The second-order valence-corrected chi connectivity index (χ2v) is 8.93. The summed E-state index contributed by atoms with van der Waals surface area (Å²) in [5, 5.41) is 11.6. The highest BCUT2D eigenvalue weighted by atomic mass is 35.5. The molecule has 1 atom stereocenters. The molecule has 0 bridgehead atoms. The maximum absolute atomic E-state index is 14.4. The van der Waals surface area contributed by atoms with Gasteiger partial charge in [0.05, 0.1) is 26.3 Å². The van der Waals surface area contributed by atoms with Gasteiger partial charge in [-0.3, -0.25) is 4.79 Å². The van der Waals surface area contributed by atoms with E-state index in [-0.39, 0.29) is 37.9 Å². The van der Waals surface area contributed by atoms with Crippen LogP contribution in [0.2, 0.25) is 15.1 Å². The molecule has 0 radical (unpaired) electrons. The Hall–Kier alpha value is -2.92. The van der Waals surface area contributed by atoms with Gasteiger partial charge >= 0.3 is 6.18 Å². The summed E-state index contributed by atoms with van der Waals surface area (Å²) >= 11 is 17.9. The molecule has 1 aliphatic rings. The minimum absolute atomic E-state index is 0.0435. The number of nitrogens with one attached hydrogen (secondary N) is 1. The molecule has 1 heterocycles. The van der Waals surface area contributed by atoms with Crippen molar-refractivity contribution in [1.82, 2.24) is 0 Å². The Morgan fingerprint density at radius 2 is 1.68 bits per heavy atom. The molecule has 0 saturated carbocycles. The molecule has 0 saturated heterocycles. The zero-order valence-electron chi connectivity index (χ0n) is 17.4. The van der Waals surface area contributed by atoms with Gasteiger partial charge in [0, 0.05) is 18.9 Å². The van der Waals surface area contributed by atoms with Crippen molar-refractivity contribution in [3.05, 3.63) is 80.3 Å². The quantitative estimate of drug-likeness (QED) is 0.359. The van der Waals surface area contributed by atoms with Gasteiger partial charge in [-0.1, -0.05) is 46.9 Å². The van der Waals surface area contributed by atoms with Crippen LogP contribution in [-0.2, 0) is 16.8 Å². The van der Waals surface area contributed by atoms with Crippen LogP contribution in [0.15, 0.2) is 48.5 Å². The van der Waals surface area contributed by atoms with Crippen LogP contribution < -0.4 is 10.1 Å². The van der Waals surface area contributed by atoms with Crippen molar-refractivity contribution >= 4 is 46.4 Å². The normalized spacial score (nSPS) is 17.0. The molecule has 0 aliphatic carbocycles. The average molecular weight is 526 g/mol. The van der Waals surface area contributed by atoms with Crippen molar-refractivity contribution in [2.75, 3.05) is 5.32 Å². The molecule has 0 spiro atoms. The van der Waals surface area contributed by atoms with Crippen molar-refractivity contribution in [3.8, 4) is 22.9 Å². The second kappa shape index (κ2) is 8.70. The van der Waals surface area contributed by atoms with E-state index in [1.54, 1.807) is 24.3 Å². The van der Waals surface area contributed by atoms with Crippen LogP contribution in [0.25, 0.3) is 11.1 Å². The van der Waals surface area contributed by atoms with Crippen molar-refractivity contribution in [2.24, 2.45) is 0 Å². The number of rotatable bonds is 3. The first-order valence-electron chi connectivity index (χ1n) is 9.81. The first-order valence-corrected chi connectivity index (χ1v) is 10.9. The molecule has 34 heavy (non-hydrogen) atoms. The lowest BCUT2D eigenvalue weighted by Gasteiger charge is -2.32. The number of anilines is 1. The zero-order valence-corrected chi connectivity index (χ0v) is 19.6. The number of alkyl halides is 3. The summed E-state index contributed by atoms with van der Waals surface area (Å²) in [6, 6.07) is 13.6. The van der Waals surface area contributed by atoms with Crippen molar-refractivity contribution in [3.63, 3.8) is 0 Å². The Morgan fingerprint density at radius 3 is 2.26 bits per heavy atom. The third-order valence-electron chi connectivity index (χ3n) is 5.48. The standard InChI is InChI=1S/C24H14Cl3F3N2O2/c1-12(33)32-20-7-14(2-3-15(20)11-31)13-4-5-21-16(6-13)10-23(34-21,24(28,29)30)17-8-18(25)22(27)19(26)9-17/h2-9H,10H2,1H3,(H,32,33). The molecular weight excluding hydrogens is 512 g/mol. The number of fused-ring (bicyclic) bond motifs is 1. The molecule has 0 fully saturated rings. The van der Waals surface area contributed by atoms with Gasteiger partial charge in [0.1, 0.15) is 11.8 Å². The number of hydrogen-bond acceptors (Lipinski definition) is 3. The summed E-state index contributed by atoms with van der Waals surface area (Å²) in [6.07, 6.45) is -5.30. The number of halogens is 6. The number of carbonyl (C=O) groups excluding carboxylic acids is 1. The molecule has 4 nitrogen and oxygen atoms in total. The fourth-order valence-electron chi connectivity index (χ4n) is 3.87. The first-order chi connectivity index (χ1) is 15.9. The average Bonchev–Trinajstić information content (AvgIpc) is 3.17. The number of benzene rings is 3. The molecular formula is C24H14Cl3F3N2O2. The molecule has 3 aromatic carbocycles. The summed E-state index contributed by atoms with van der Waals surface area (Å²) < 4.78 is 48.7. The highest BCUT2D eigenvalue weighted by Gasteiger charge is 2.61. The third kappa shape index (κ3) is 4.18. The van der Waals surface area contributed by atoms with Crippen molar-refractivity contribution < 1.29 is 22.7 Å². The SMILES string of the molecule is CC(=O)Nc1cc(-c2ccc3c(c2)CC(c2cc(Cl)c(Cl)c(Cl)c2)(C(F)(F)F)O3)ccc1C#N. The summed E-state index contributed by atoms with van der Waals surface area (Å²) in [4.78, 5) is 11.5. The maximum atomic E-state index is 14.4. The van der Waals surface area contributed by atoms with Gasteiger partial charge in [-0.25, -0.2) is 0 Å². The number of ether oxygens (including phenoxy) is 1. The van der Waals surface area contributed by atoms with Gasteiger partial charge in [0.15, 0.2) is 0 Å². The lowest BCUT2D eigenvalue weighted by molar-refractivity contribution is -0.248. The highest BCUT2D eigenvalue weighted by molar-refractivity contribution is 6.48. The number of carbonyl (C=O) groups is 1. The minimum Gasteiger partial charge on any atom is -0.472 e. The van der Waals surface area contributed by atoms with Gasteiger partial charge in [0.25, 0.3) is 0 Å². The fraction of sp³-hybridized carbons (Fsp3) is 0.167. The van der Waals surface area contributed by atoms with Crippen LogP contribution in [-0.4, -0.2) is 12.1 Å². The van der Waals surface area contributed by atoms with E-state index in [0.29, 0.717) is 22.4 Å². The van der Waals surface area contributed by atoms with Gasteiger partial charge in [-0.15, -0.1) is 0 Å². The van der Waals surface area contributed by atoms with Gasteiger partial charge in [-0.05, 0) is 53.1 Å². The molecule has 1 amide bonds. The van der Waals surface area contributed by atoms with Crippen LogP contribution in [0.5, 0.6) is 5.75 Å². The summed E-state index contributed by atoms with van der Waals surface area (Å²) in [5.41, 5.74) is -0.879. The lowest BCUT2D eigenvalue weighted by Crippen LogP contribution is -2.46. The summed E-state index contributed by atoms with van der Waals surface area (Å²) in [7, 11) is 0. The van der Waals surface area contributed by atoms with Crippen molar-refractivity contribution in [1.29, 1.82) is 5.26 Å². The van der Waals surface area contributed by atoms with E-state index >= 15 is 0 Å². The van der Waals surface area contributed by atoms with Gasteiger partial charge in [0.2, 0.25) is 11.5 Å². The monoisotopic (exact) mass is 524 g/mol. The van der Waals surface area contributed by atoms with E-state index in [9.17, 15) is 23.2 Å². The van der Waals surface area contributed by atoms with Crippen LogP contribution in [0, 0.1) is 11.3 Å². The molecule has 1 aliphatic heterocycles. The van der Waals surface area contributed by atoms with E-state index in [2.05, 4.69) is 5.32 Å². The molecule has 174 valence electrons. The second-order valence-electron chi connectivity index (χ2n) is 7.73. The highest BCUT2D eigenvalue weighted by Crippen LogP contribution is 2.52. The number of nitrogens with zero attached hydrogens (tertiary/aromatic N) is 1. The number of amides is 1. The predicted octanol–water partition coefficient (Wildman–Crippen LogP) is 7.54. The van der Waals surface area contributed by atoms with E-state index in [1.807, 2.05) is 6.07 Å². The Kier molecular flexibility index (Phi) is 6.19. The smallest absolute Gasteiger partial charge is 0.432 e. The number of hydrogen-bond donors (Lipinski definition) is 1. The molecule has 0 aromatic heterocycles. The third-order valence-corrected chi connectivity index (χ3v) is 6.67. The Balaban J connectivity index is 1.78. The topological polar surface area (TPSA) is 62.1 Å². The van der Waals surface area contributed by atoms with Crippen LogP contribution in [0.4, 0.5) is 18.9 Å². The van der Waals surface area contributed by atoms with Crippen molar-refractivity contribution in [2.45, 2.75) is 25.1 Å². The van der Waals surface area contributed by atoms with E-state index in [4.69, 9.17) is 39.5 Å². The Labute approximate surface area is 207 Å². The predicted molar refractivity (Wildman–Crippen MR) is 124 cm³/mol. The summed E-state index contributed by atoms with van der Waals surface area (Å²) in [6.45, 7) is 1.31. The molecule has 1 N–H and O–H groups in total. The fourth-order valence-corrected chi connectivity index (χ4v) is 4.47. The first kappa shape index (κ1) is 24.2. The molecule has 1 unspecified atom stereocenters. The maximum Gasteiger partial charge on any atom is 0.432 e. The Bertz CT molecular complexity index is 1350. The zero-order chi connectivity index (χ0) is 24.8. The van der Waals surface area contributed by atoms with Crippen LogP contribution in [0.3, 0.4) is 0 Å².